The molecule has 14 heteroatoms. The Morgan fingerprint density at radius 3 is 2.40 bits per heavy atom. The molecule has 0 radical (unpaired) electrons. The first kappa shape index (κ1) is 42.9. The van der Waals surface area contributed by atoms with Gasteiger partial charge in [0.1, 0.15) is 23.9 Å². The summed E-state index contributed by atoms with van der Waals surface area (Å²) in [6, 6.07) is 0.851. The summed E-state index contributed by atoms with van der Waals surface area (Å²) in [7, 11) is 3.73. The van der Waals surface area contributed by atoms with Crippen molar-refractivity contribution in [3.05, 3.63) is 29.0 Å². The van der Waals surface area contributed by atoms with Crippen LogP contribution in [-0.4, -0.2) is 134 Å². The van der Waals surface area contributed by atoms with Gasteiger partial charge in [0.2, 0.25) is 0 Å². The Bertz CT molecular complexity index is 1240. The summed E-state index contributed by atoms with van der Waals surface area (Å²) in [5.41, 5.74) is -4.66. The summed E-state index contributed by atoms with van der Waals surface area (Å²) >= 11 is 6.36. The third-order valence-electron chi connectivity index (χ3n) is 11.0. The lowest BCUT2D eigenvalue weighted by Crippen LogP contribution is -2.64. The summed E-state index contributed by atoms with van der Waals surface area (Å²) in [6.45, 7) is 14.0. The first-order valence-corrected chi connectivity index (χ1v) is 18.3. The highest BCUT2D eigenvalue weighted by Crippen LogP contribution is 2.40. The number of nitrogens with zero attached hydrogens (tertiary/aromatic N) is 2. The Morgan fingerprint density at radius 1 is 1.14 bits per heavy atom. The van der Waals surface area contributed by atoms with Gasteiger partial charge in [0.25, 0.3) is 0 Å². The lowest BCUT2D eigenvalue weighted by molar-refractivity contribution is -0.304. The molecule has 50 heavy (non-hydrogen) atoms. The Hall–Kier alpha value is -1.49. The van der Waals surface area contributed by atoms with E-state index in [0.717, 1.165) is 5.56 Å². The molecule has 1 aromatic heterocycles. The van der Waals surface area contributed by atoms with E-state index in [-0.39, 0.29) is 44.0 Å². The van der Waals surface area contributed by atoms with Crippen LogP contribution < -0.4 is 10.6 Å². The number of ether oxygens (including phenoxy) is 3. The number of aliphatic hydroxyl groups is 5. The van der Waals surface area contributed by atoms with Crippen LogP contribution in [0.3, 0.4) is 0 Å². The van der Waals surface area contributed by atoms with Crippen LogP contribution in [0.5, 0.6) is 0 Å². The van der Waals surface area contributed by atoms with Crippen LogP contribution in [0.15, 0.2) is 18.5 Å². The molecule has 14 atom stereocenters. The Balaban J connectivity index is 2.13. The molecule has 3 rings (SSSR count). The van der Waals surface area contributed by atoms with Gasteiger partial charge in [-0.05, 0) is 92.1 Å². The average Bonchev–Trinajstić information content (AvgIpc) is 3.04. The van der Waals surface area contributed by atoms with Gasteiger partial charge in [0.15, 0.2) is 6.29 Å². The second-order valence-corrected chi connectivity index (χ2v) is 16.0. The quantitative estimate of drug-likeness (QED) is 0.193. The van der Waals surface area contributed by atoms with Crippen molar-refractivity contribution >= 4 is 17.6 Å². The van der Waals surface area contributed by atoms with E-state index in [4.69, 9.17) is 25.8 Å². The predicted molar refractivity (Wildman–Crippen MR) is 190 cm³/mol. The van der Waals surface area contributed by atoms with Crippen LogP contribution in [0.2, 0.25) is 5.02 Å². The number of hydrogen-bond acceptors (Lipinski definition) is 13. The minimum absolute atomic E-state index is 0.159. The van der Waals surface area contributed by atoms with Crippen molar-refractivity contribution in [3.63, 3.8) is 0 Å². The lowest BCUT2D eigenvalue weighted by atomic mass is 9.70. The van der Waals surface area contributed by atoms with Crippen molar-refractivity contribution in [2.45, 2.75) is 147 Å². The molecule has 0 spiro atoms. The molecule has 0 saturated carbocycles. The second-order valence-electron chi connectivity index (χ2n) is 15.6. The van der Waals surface area contributed by atoms with Crippen molar-refractivity contribution in [2.75, 3.05) is 27.2 Å². The molecule has 3 heterocycles. The molecule has 7 N–H and O–H groups in total. The zero-order chi connectivity index (χ0) is 37.8. The molecule has 2 fully saturated rings. The number of nitrogens with one attached hydrogen (secondary N) is 2. The molecule has 2 aliphatic rings. The maximum absolute atomic E-state index is 14.0. The summed E-state index contributed by atoms with van der Waals surface area (Å²) in [6.07, 6.45) is -2.02. The summed E-state index contributed by atoms with van der Waals surface area (Å²) in [4.78, 5) is 20.0. The fraction of sp³-hybridized carbons (Fsp3) is 0.833. The molecule has 2 saturated heterocycles. The SMILES string of the molecule is CC[C@H]1OC(=O)C(C)[C@@](O)(CNCc2ccncc2Cl)[C@H](C)[C@@H](O[C@@H]2O[C@H](C)C[C@H](N(C)C)[C@H]2O)[C@@](C)(O)C[C@@H](C)CN[C@H](C)[C@@H](O)[C@]1(C)O. The molecule has 0 aromatic carbocycles. The number of esters is 1. The first-order chi connectivity index (χ1) is 23.2. The van der Waals surface area contributed by atoms with Gasteiger partial charge in [-0.25, -0.2) is 0 Å². The number of carbonyl (C=O) groups is 1. The van der Waals surface area contributed by atoms with Gasteiger partial charge in [-0.2, -0.15) is 0 Å². The highest BCUT2D eigenvalue weighted by Gasteiger charge is 2.54. The van der Waals surface area contributed by atoms with Crippen LogP contribution in [0.25, 0.3) is 0 Å². The molecule has 288 valence electrons. The molecule has 13 nitrogen and oxygen atoms in total. The van der Waals surface area contributed by atoms with Crippen LogP contribution >= 0.6 is 11.6 Å². The monoisotopic (exact) mass is 730 g/mol. The minimum atomic E-state index is -1.94. The second kappa shape index (κ2) is 17.6. The molecule has 0 aliphatic carbocycles. The predicted octanol–water partition coefficient (Wildman–Crippen LogP) is 1.84. The topological polar surface area (TPSA) is 186 Å². The van der Waals surface area contributed by atoms with E-state index in [9.17, 15) is 30.3 Å². The average molecular weight is 731 g/mol. The van der Waals surface area contributed by atoms with Gasteiger partial charge in [-0.3, -0.25) is 9.78 Å². The van der Waals surface area contributed by atoms with E-state index in [1.54, 1.807) is 40.0 Å². The molecular formula is C36H63ClN4O9. The number of aliphatic hydroxyl groups excluding tert-OH is 2. The number of pyridine rings is 1. The zero-order valence-electron chi connectivity index (χ0n) is 31.5. The third kappa shape index (κ3) is 9.93. The number of hydrogen-bond donors (Lipinski definition) is 7. The van der Waals surface area contributed by atoms with Gasteiger partial charge in [-0.1, -0.05) is 32.4 Å². The Morgan fingerprint density at radius 2 is 1.80 bits per heavy atom. The van der Waals surface area contributed by atoms with E-state index in [1.165, 1.54) is 20.0 Å². The van der Waals surface area contributed by atoms with Gasteiger partial charge < -0.3 is 55.3 Å². The van der Waals surface area contributed by atoms with Crippen molar-refractivity contribution in [3.8, 4) is 0 Å². The van der Waals surface area contributed by atoms with Crippen molar-refractivity contribution in [1.82, 2.24) is 20.5 Å². The molecule has 1 aromatic rings. The Kier molecular flexibility index (Phi) is 15.1. The maximum Gasteiger partial charge on any atom is 0.312 e. The van der Waals surface area contributed by atoms with E-state index in [1.807, 2.05) is 32.8 Å². The maximum atomic E-state index is 14.0. The van der Waals surface area contributed by atoms with Crippen molar-refractivity contribution < 1.29 is 44.5 Å². The van der Waals surface area contributed by atoms with Crippen LogP contribution in [0.1, 0.15) is 80.2 Å². The molecule has 2 aliphatic heterocycles. The van der Waals surface area contributed by atoms with E-state index in [0.29, 0.717) is 18.0 Å². The van der Waals surface area contributed by atoms with Crippen molar-refractivity contribution in [1.29, 1.82) is 0 Å². The smallest absolute Gasteiger partial charge is 0.312 e. The van der Waals surface area contributed by atoms with Gasteiger partial charge >= 0.3 is 5.97 Å². The summed E-state index contributed by atoms with van der Waals surface area (Å²) < 4.78 is 18.7. The van der Waals surface area contributed by atoms with Gasteiger partial charge in [0.05, 0.1) is 34.4 Å². The number of aromatic nitrogens is 1. The fourth-order valence-corrected chi connectivity index (χ4v) is 7.86. The fourth-order valence-electron chi connectivity index (χ4n) is 7.67. The van der Waals surface area contributed by atoms with Crippen LogP contribution in [0.4, 0.5) is 0 Å². The summed E-state index contributed by atoms with van der Waals surface area (Å²) in [5, 5.41) is 66.3. The number of likely N-dealkylation sites (N-methyl/N-ethyl adjacent to an activating group) is 1. The molecule has 0 bridgehead atoms. The normalized spacial score (nSPS) is 42.8. The van der Waals surface area contributed by atoms with Crippen molar-refractivity contribution in [2.24, 2.45) is 17.8 Å². The Labute approximate surface area is 303 Å². The molecule has 1 unspecified atom stereocenters. The van der Waals surface area contributed by atoms with E-state index in [2.05, 4.69) is 15.6 Å². The zero-order valence-corrected chi connectivity index (χ0v) is 32.2. The summed E-state index contributed by atoms with van der Waals surface area (Å²) in [5.74, 6) is -3.19. The number of cyclic esters (lactones) is 1. The lowest BCUT2D eigenvalue weighted by Gasteiger charge is -2.49. The molecular weight excluding hydrogens is 668 g/mol. The van der Waals surface area contributed by atoms with Gasteiger partial charge in [-0.15, -0.1) is 0 Å². The molecule has 0 amide bonds. The van der Waals surface area contributed by atoms with Crippen LogP contribution in [0, 0.1) is 17.8 Å². The van der Waals surface area contributed by atoms with Crippen LogP contribution in [-0.2, 0) is 25.5 Å². The number of halogens is 1. The number of rotatable bonds is 8. The van der Waals surface area contributed by atoms with E-state index < -0.39 is 71.4 Å². The highest BCUT2D eigenvalue weighted by molar-refractivity contribution is 6.31. The largest absolute Gasteiger partial charge is 0.459 e. The van der Waals surface area contributed by atoms with Gasteiger partial charge in [0, 0.05) is 43.5 Å². The minimum Gasteiger partial charge on any atom is -0.459 e. The first-order valence-electron chi connectivity index (χ1n) is 17.9. The highest BCUT2D eigenvalue weighted by atomic mass is 35.5. The van der Waals surface area contributed by atoms with E-state index >= 15 is 0 Å². The standard InChI is InChI=1S/C36H63ClN4O9/c1-11-28-35(8,46)30(43)24(6)40-16-20(2)15-34(7,45)31(50-33-29(42)27(41(9)10)14-21(3)48-33)22(4)36(47,23(5)32(44)49-28)19-39-17-25-12-13-38-18-26(25)37/h12-13,18,20-24,27-31,33,39-40,42-43,45-47H,11,14-17,19H2,1-10H3/t20-,21-,22-,23?,24-,27+,28-,29-,30-,31-,33+,34+,35-,36-/m1/s1. The number of carbonyl (C=O) groups excluding carboxylic acids is 1. The third-order valence-corrected chi connectivity index (χ3v) is 11.3.